The van der Waals surface area contributed by atoms with Gasteiger partial charge in [0.2, 0.25) is 0 Å². The Labute approximate surface area is 161 Å². The Morgan fingerprint density at radius 2 is 1.80 bits per heavy atom. The molecular formula is C18H16Br2N2O3. The Morgan fingerprint density at radius 3 is 2.52 bits per heavy atom. The van der Waals surface area contributed by atoms with E-state index in [4.69, 9.17) is 9.47 Å². The van der Waals surface area contributed by atoms with Gasteiger partial charge in [0.1, 0.15) is 5.82 Å². The molecule has 0 amide bonds. The molecule has 3 aromatic rings. The van der Waals surface area contributed by atoms with Crippen molar-refractivity contribution in [1.29, 1.82) is 0 Å². The summed E-state index contributed by atoms with van der Waals surface area (Å²) in [6.45, 7) is 4.82. The maximum absolute atomic E-state index is 12.4. The van der Waals surface area contributed by atoms with Crippen molar-refractivity contribution in [2.45, 2.75) is 13.8 Å². The molecule has 1 aromatic heterocycles. The van der Waals surface area contributed by atoms with Gasteiger partial charge in [0.25, 0.3) is 5.56 Å². The second-order valence-corrected chi connectivity index (χ2v) is 6.76. The quantitative estimate of drug-likeness (QED) is 0.578. The summed E-state index contributed by atoms with van der Waals surface area (Å²) in [4.78, 5) is 19.8. The first-order valence-corrected chi connectivity index (χ1v) is 9.42. The van der Waals surface area contributed by atoms with Crippen LogP contribution < -0.4 is 15.0 Å². The van der Waals surface area contributed by atoms with Crippen molar-refractivity contribution in [3.05, 3.63) is 49.6 Å². The molecule has 1 N–H and O–H groups in total. The second-order valence-electron chi connectivity index (χ2n) is 5.18. The van der Waals surface area contributed by atoms with Gasteiger partial charge in [-0.1, -0.05) is 12.1 Å². The van der Waals surface area contributed by atoms with E-state index in [0.29, 0.717) is 51.5 Å². The number of ether oxygens (including phenoxy) is 2. The highest BCUT2D eigenvalue weighted by Crippen LogP contribution is 2.45. The highest BCUT2D eigenvalue weighted by atomic mass is 79.9. The molecule has 0 aliphatic rings. The van der Waals surface area contributed by atoms with Gasteiger partial charge in [-0.15, -0.1) is 0 Å². The van der Waals surface area contributed by atoms with E-state index < -0.39 is 0 Å². The molecular weight excluding hydrogens is 452 g/mol. The topological polar surface area (TPSA) is 64.2 Å². The molecule has 2 aromatic carbocycles. The summed E-state index contributed by atoms with van der Waals surface area (Å²) in [5.74, 6) is 1.66. The van der Waals surface area contributed by atoms with Gasteiger partial charge in [-0.3, -0.25) is 4.79 Å². The molecule has 3 rings (SSSR count). The SMILES string of the molecule is CCOc1cc(-c2nc3ccccc3c(=O)[nH]2)c(Br)c(Br)c1OCC. The second kappa shape index (κ2) is 7.58. The van der Waals surface area contributed by atoms with Crippen LogP contribution in [0.4, 0.5) is 0 Å². The van der Waals surface area contributed by atoms with E-state index in [9.17, 15) is 4.79 Å². The van der Waals surface area contributed by atoms with Gasteiger partial charge in [0.15, 0.2) is 11.5 Å². The fourth-order valence-corrected chi connectivity index (χ4v) is 3.52. The molecule has 0 aliphatic carbocycles. The average Bonchev–Trinajstić information content (AvgIpc) is 2.61. The van der Waals surface area contributed by atoms with E-state index >= 15 is 0 Å². The molecule has 0 spiro atoms. The van der Waals surface area contributed by atoms with Crippen molar-refractivity contribution in [3.63, 3.8) is 0 Å². The Kier molecular flexibility index (Phi) is 5.44. The van der Waals surface area contributed by atoms with E-state index in [0.717, 1.165) is 4.47 Å². The van der Waals surface area contributed by atoms with Crippen molar-refractivity contribution >= 4 is 42.8 Å². The molecule has 130 valence electrons. The average molecular weight is 468 g/mol. The van der Waals surface area contributed by atoms with Crippen LogP contribution in [0.5, 0.6) is 11.5 Å². The number of nitrogens with zero attached hydrogens (tertiary/aromatic N) is 1. The van der Waals surface area contributed by atoms with Crippen molar-refractivity contribution in [2.24, 2.45) is 0 Å². The minimum absolute atomic E-state index is 0.185. The molecule has 1 heterocycles. The Hall–Kier alpha value is -1.86. The zero-order chi connectivity index (χ0) is 18.0. The number of nitrogens with one attached hydrogen (secondary N) is 1. The summed E-state index contributed by atoms with van der Waals surface area (Å²) in [5.41, 5.74) is 1.16. The van der Waals surface area contributed by atoms with Crippen LogP contribution in [0, 0.1) is 0 Å². The monoisotopic (exact) mass is 466 g/mol. The molecule has 0 bridgehead atoms. The van der Waals surface area contributed by atoms with Crippen molar-refractivity contribution in [1.82, 2.24) is 9.97 Å². The standard InChI is InChI=1S/C18H16Br2N2O3/c1-3-24-13-9-11(14(19)15(20)16(13)25-4-2)17-21-12-8-6-5-7-10(12)18(23)22-17/h5-9H,3-4H2,1-2H3,(H,21,22,23). The summed E-state index contributed by atoms with van der Waals surface area (Å²) >= 11 is 7.11. The smallest absolute Gasteiger partial charge is 0.259 e. The molecule has 0 unspecified atom stereocenters. The van der Waals surface area contributed by atoms with Crippen molar-refractivity contribution in [2.75, 3.05) is 13.2 Å². The minimum atomic E-state index is -0.185. The summed E-state index contributed by atoms with van der Waals surface area (Å²) in [7, 11) is 0. The zero-order valence-corrected chi connectivity index (χ0v) is 16.9. The first kappa shape index (κ1) is 17.9. The Balaban J connectivity index is 2.25. The molecule has 0 saturated heterocycles. The number of halogens is 2. The fraction of sp³-hybridized carbons (Fsp3) is 0.222. The third-order valence-electron chi connectivity index (χ3n) is 3.58. The minimum Gasteiger partial charge on any atom is -0.490 e. The van der Waals surface area contributed by atoms with Crippen LogP contribution in [-0.2, 0) is 0 Å². The number of H-pyrrole nitrogens is 1. The van der Waals surface area contributed by atoms with E-state index in [1.54, 1.807) is 6.07 Å². The summed E-state index contributed by atoms with van der Waals surface area (Å²) in [6, 6.07) is 9.05. The lowest BCUT2D eigenvalue weighted by Gasteiger charge is -2.16. The molecule has 25 heavy (non-hydrogen) atoms. The Bertz CT molecular complexity index is 986. The highest BCUT2D eigenvalue weighted by molar-refractivity contribution is 9.13. The number of rotatable bonds is 5. The first-order chi connectivity index (χ1) is 12.1. The van der Waals surface area contributed by atoms with Crippen LogP contribution in [0.25, 0.3) is 22.3 Å². The van der Waals surface area contributed by atoms with Gasteiger partial charge in [0, 0.05) is 10.0 Å². The maximum atomic E-state index is 12.4. The van der Waals surface area contributed by atoms with Crippen molar-refractivity contribution in [3.8, 4) is 22.9 Å². The van der Waals surface area contributed by atoms with Gasteiger partial charge >= 0.3 is 0 Å². The predicted octanol–water partition coefficient (Wildman–Crippen LogP) is 4.91. The zero-order valence-electron chi connectivity index (χ0n) is 13.7. The largest absolute Gasteiger partial charge is 0.490 e. The summed E-state index contributed by atoms with van der Waals surface area (Å²) in [5, 5.41) is 0.553. The number of aromatic amines is 1. The van der Waals surface area contributed by atoms with Gasteiger partial charge in [-0.05, 0) is 63.9 Å². The number of para-hydroxylation sites is 1. The van der Waals surface area contributed by atoms with Crippen LogP contribution in [-0.4, -0.2) is 23.2 Å². The predicted molar refractivity (Wildman–Crippen MR) is 106 cm³/mol. The van der Waals surface area contributed by atoms with E-state index in [1.165, 1.54) is 0 Å². The highest BCUT2D eigenvalue weighted by Gasteiger charge is 2.20. The summed E-state index contributed by atoms with van der Waals surface area (Å²) < 4.78 is 12.8. The number of benzene rings is 2. The molecule has 7 heteroatoms. The third kappa shape index (κ3) is 3.43. The fourth-order valence-electron chi connectivity index (χ4n) is 2.51. The van der Waals surface area contributed by atoms with Gasteiger partial charge in [-0.2, -0.15) is 0 Å². The Morgan fingerprint density at radius 1 is 1.08 bits per heavy atom. The lowest BCUT2D eigenvalue weighted by Crippen LogP contribution is -2.10. The van der Waals surface area contributed by atoms with Crippen LogP contribution in [0.1, 0.15) is 13.8 Å². The third-order valence-corrected chi connectivity index (χ3v) is 5.70. The van der Waals surface area contributed by atoms with Crippen LogP contribution in [0.15, 0.2) is 44.1 Å². The number of fused-ring (bicyclic) bond motifs is 1. The lowest BCUT2D eigenvalue weighted by molar-refractivity contribution is 0.286. The molecule has 5 nitrogen and oxygen atoms in total. The summed E-state index contributed by atoms with van der Waals surface area (Å²) in [6.07, 6.45) is 0. The van der Waals surface area contributed by atoms with Crippen LogP contribution in [0.2, 0.25) is 0 Å². The lowest BCUT2D eigenvalue weighted by atomic mass is 10.1. The van der Waals surface area contributed by atoms with E-state index in [1.807, 2.05) is 38.1 Å². The van der Waals surface area contributed by atoms with Crippen LogP contribution >= 0.6 is 31.9 Å². The van der Waals surface area contributed by atoms with E-state index in [2.05, 4.69) is 41.8 Å². The molecule has 0 fully saturated rings. The number of aromatic nitrogens is 2. The van der Waals surface area contributed by atoms with Gasteiger partial charge in [0.05, 0.1) is 28.6 Å². The number of hydrogen-bond donors (Lipinski definition) is 1. The molecule has 0 atom stereocenters. The molecule has 0 aliphatic heterocycles. The molecule has 0 radical (unpaired) electrons. The maximum Gasteiger partial charge on any atom is 0.259 e. The first-order valence-electron chi connectivity index (χ1n) is 7.83. The normalized spacial score (nSPS) is 10.9. The molecule has 0 saturated carbocycles. The van der Waals surface area contributed by atoms with Gasteiger partial charge < -0.3 is 14.5 Å². The van der Waals surface area contributed by atoms with Gasteiger partial charge in [-0.25, -0.2) is 4.98 Å². The number of hydrogen-bond acceptors (Lipinski definition) is 4. The van der Waals surface area contributed by atoms with Crippen LogP contribution in [0.3, 0.4) is 0 Å². The van der Waals surface area contributed by atoms with Crippen molar-refractivity contribution < 1.29 is 9.47 Å². The van der Waals surface area contributed by atoms with E-state index in [-0.39, 0.29) is 5.56 Å².